The average molecular weight is 275 g/mol. The zero-order chi connectivity index (χ0) is 15.0. The van der Waals surface area contributed by atoms with Crippen molar-refractivity contribution in [2.45, 2.75) is 39.5 Å². The molecule has 20 heavy (non-hydrogen) atoms. The Morgan fingerprint density at radius 2 is 2.20 bits per heavy atom. The Morgan fingerprint density at radius 1 is 1.45 bits per heavy atom. The van der Waals surface area contributed by atoms with Crippen molar-refractivity contribution in [3.63, 3.8) is 0 Å². The summed E-state index contributed by atoms with van der Waals surface area (Å²) >= 11 is 0. The van der Waals surface area contributed by atoms with Crippen LogP contribution in [0.4, 0.5) is 0 Å². The quantitative estimate of drug-likeness (QED) is 0.581. The standard InChI is InChI=1S/C17H25NO2/c1-5-10-18-17(19)7-6-11-20-15-8-9-16(13(2)3)14(4)12-15/h5,8-9,12-13H,1,6-7,10-11H2,2-4H3,(H,18,19). The Balaban J connectivity index is 2.34. The van der Waals surface area contributed by atoms with E-state index in [-0.39, 0.29) is 5.91 Å². The lowest BCUT2D eigenvalue weighted by molar-refractivity contribution is -0.121. The molecule has 3 nitrogen and oxygen atoms in total. The molecule has 1 N–H and O–H groups in total. The summed E-state index contributed by atoms with van der Waals surface area (Å²) in [6.45, 7) is 11.1. The van der Waals surface area contributed by atoms with E-state index < -0.39 is 0 Å². The number of ether oxygens (including phenoxy) is 1. The number of amides is 1. The van der Waals surface area contributed by atoms with Crippen molar-refractivity contribution >= 4 is 5.91 Å². The number of rotatable bonds is 8. The van der Waals surface area contributed by atoms with Crippen molar-refractivity contribution in [1.29, 1.82) is 0 Å². The second kappa shape index (κ2) is 8.41. The van der Waals surface area contributed by atoms with Crippen molar-refractivity contribution in [3.8, 4) is 5.75 Å². The van der Waals surface area contributed by atoms with E-state index in [9.17, 15) is 4.79 Å². The molecule has 1 aromatic rings. The van der Waals surface area contributed by atoms with E-state index >= 15 is 0 Å². The van der Waals surface area contributed by atoms with Gasteiger partial charge in [0.2, 0.25) is 5.91 Å². The predicted octanol–water partition coefficient (Wildman–Crippen LogP) is 3.58. The van der Waals surface area contributed by atoms with Crippen LogP contribution in [0.25, 0.3) is 0 Å². The molecule has 1 aromatic carbocycles. The number of carbonyl (C=O) groups is 1. The zero-order valence-corrected chi connectivity index (χ0v) is 12.7. The predicted molar refractivity (Wildman–Crippen MR) is 83.2 cm³/mol. The van der Waals surface area contributed by atoms with Crippen molar-refractivity contribution in [3.05, 3.63) is 42.0 Å². The van der Waals surface area contributed by atoms with E-state index in [1.165, 1.54) is 11.1 Å². The lowest BCUT2D eigenvalue weighted by Crippen LogP contribution is -2.23. The highest BCUT2D eigenvalue weighted by Gasteiger charge is 2.05. The summed E-state index contributed by atoms with van der Waals surface area (Å²) in [6, 6.07) is 6.18. The summed E-state index contributed by atoms with van der Waals surface area (Å²) in [5.41, 5.74) is 2.60. The highest BCUT2D eigenvalue weighted by Crippen LogP contribution is 2.23. The molecular weight excluding hydrogens is 250 g/mol. The molecule has 0 bridgehead atoms. The minimum Gasteiger partial charge on any atom is -0.494 e. The van der Waals surface area contributed by atoms with Crippen LogP contribution in [0, 0.1) is 6.92 Å². The van der Waals surface area contributed by atoms with E-state index in [2.05, 4.69) is 44.8 Å². The molecule has 0 spiro atoms. The van der Waals surface area contributed by atoms with Gasteiger partial charge in [0, 0.05) is 13.0 Å². The minimum atomic E-state index is 0.0415. The van der Waals surface area contributed by atoms with E-state index in [4.69, 9.17) is 4.74 Å². The highest BCUT2D eigenvalue weighted by atomic mass is 16.5. The second-order valence-electron chi connectivity index (χ2n) is 5.22. The Hall–Kier alpha value is -1.77. The van der Waals surface area contributed by atoms with Crippen LogP contribution in [0.5, 0.6) is 5.75 Å². The monoisotopic (exact) mass is 275 g/mol. The second-order valence-corrected chi connectivity index (χ2v) is 5.22. The van der Waals surface area contributed by atoms with E-state index in [1.807, 2.05) is 6.07 Å². The van der Waals surface area contributed by atoms with Crippen LogP contribution in [0.1, 0.15) is 43.7 Å². The molecule has 0 aromatic heterocycles. The van der Waals surface area contributed by atoms with Gasteiger partial charge in [-0.3, -0.25) is 4.79 Å². The Kier molecular flexibility index (Phi) is 6.85. The van der Waals surface area contributed by atoms with Crippen molar-refractivity contribution < 1.29 is 9.53 Å². The SMILES string of the molecule is C=CCNC(=O)CCCOc1ccc(C(C)C)c(C)c1. The Labute approximate surface area is 122 Å². The fourth-order valence-electron chi connectivity index (χ4n) is 2.08. The summed E-state index contributed by atoms with van der Waals surface area (Å²) in [5.74, 6) is 1.44. The third kappa shape index (κ3) is 5.47. The molecule has 1 rings (SSSR count). The first-order valence-electron chi connectivity index (χ1n) is 7.15. The van der Waals surface area contributed by atoms with Gasteiger partial charge in [-0.1, -0.05) is 26.0 Å². The maximum atomic E-state index is 11.4. The van der Waals surface area contributed by atoms with E-state index in [0.29, 0.717) is 31.9 Å². The summed E-state index contributed by atoms with van der Waals surface area (Å²) in [4.78, 5) is 11.4. The van der Waals surface area contributed by atoms with Gasteiger partial charge in [0.25, 0.3) is 0 Å². The van der Waals surface area contributed by atoms with Crippen LogP contribution in [0.2, 0.25) is 0 Å². The maximum Gasteiger partial charge on any atom is 0.220 e. The van der Waals surface area contributed by atoms with Gasteiger partial charge in [0.1, 0.15) is 5.75 Å². The van der Waals surface area contributed by atoms with E-state index in [1.54, 1.807) is 6.08 Å². The highest BCUT2D eigenvalue weighted by molar-refractivity contribution is 5.75. The van der Waals surface area contributed by atoms with Crippen molar-refractivity contribution in [1.82, 2.24) is 5.32 Å². The molecular formula is C17H25NO2. The molecule has 0 fully saturated rings. The molecule has 0 saturated heterocycles. The van der Waals surface area contributed by atoms with Crippen molar-refractivity contribution in [2.24, 2.45) is 0 Å². The molecule has 0 aliphatic rings. The van der Waals surface area contributed by atoms with Crippen molar-refractivity contribution in [2.75, 3.05) is 13.2 Å². The van der Waals surface area contributed by atoms with Crippen LogP contribution in [0.3, 0.4) is 0 Å². The number of carbonyl (C=O) groups excluding carboxylic acids is 1. The summed E-state index contributed by atoms with van der Waals surface area (Å²) < 4.78 is 5.68. The smallest absolute Gasteiger partial charge is 0.220 e. The molecule has 3 heteroatoms. The number of aryl methyl sites for hydroxylation is 1. The van der Waals surface area contributed by atoms with Gasteiger partial charge in [-0.05, 0) is 42.5 Å². The molecule has 110 valence electrons. The van der Waals surface area contributed by atoms with Crippen LogP contribution in [-0.4, -0.2) is 19.1 Å². The van der Waals surface area contributed by atoms with Gasteiger partial charge in [-0.25, -0.2) is 0 Å². The number of hydrogen-bond acceptors (Lipinski definition) is 2. The largest absolute Gasteiger partial charge is 0.494 e. The fourth-order valence-corrected chi connectivity index (χ4v) is 2.08. The molecule has 0 aliphatic heterocycles. The first-order valence-corrected chi connectivity index (χ1v) is 7.15. The Bertz CT molecular complexity index is 452. The molecule has 1 amide bonds. The Morgan fingerprint density at radius 3 is 2.80 bits per heavy atom. The summed E-state index contributed by atoms with van der Waals surface area (Å²) in [5, 5.41) is 2.75. The normalized spacial score (nSPS) is 10.4. The first-order chi connectivity index (χ1) is 9.54. The summed E-state index contributed by atoms with van der Waals surface area (Å²) in [6.07, 6.45) is 2.87. The average Bonchev–Trinajstić information content (AvgIpc) is 2.41. The van der Waals surface area contributed by atoms with E-state index in [0.717, 1.165) is 5.75 Å². The van der Waals surface area contributed by atoms with Gasteiger partial charge >= 0.3 is 0 Å². The molecule has 0 saturated carbocycles. The third-order valence-electron chi connectivity index (χ3n) is 3.12. The molecule has 0 heterocycles. The van der Waals surface area contributed by atoms with Crippen LogP contribution >= 0.6 is 0 Å². The number of benzene rings is 1. The summed E-state index contributed by atoms with van der Waals surface area (Å²) in [7, 11) is 0. The lowest BCUT2D eigenvalue weighted by Gasteiger charge is -2.12. The molecule has 0 atom stereocenters. The zero-order valence-electron chi connectivity index (χ0n) is 12.7. The molecule has 0 aliphatic carbocycles. The molecule has 0 radical (unpaired) electrons. The van der Waals surface area contributed by atoms with Gasteiger partial charge < -0.3 is 10.1 Å². The fraction of sp³-hybridized carbons (Fsp3) is 0.471. The molecule has 0 unspecified atom stereocenters. The first kappa shape index (κ1) is 16.3. The number of nitrogens with one attached hydrogen (secondary N) is 1. The van der Waals surface area contributed by atoms with Gasteiger partial charge in [0.05, 0.1) is 6.61 Å². The van der Waals surface area contributed by atoms with Crippen LogP contribution in [0.15, 0.2) is 30.9 Å². The number of hydrogen-bond donors (Lipinski definition) is 1. The third-order valence-corrected chi connectivity index (χ3v) is 3.12. The lowest BCUT2D eigenvalue weighted by atomic mass is 9.98. The topological polar surface area (TPSA) is 38.3 Å². The van der Waals surface area contributed by atoms with Gasteiger partial charge in [-0.2, -0.15) is 0 Å². The van der Waals surface area contributed by atoms with Gasteiger partial charge in [-0.15, -0.1) is 6.58 Å². The van der Waals surface area contributed by atoms with Gasteiger partial charge in [0.15, 0.2) is 0 Å². The maximum absolute atomic E-state index is 11.4. The minimum absolute atomic E-state index is 0.0415. The van der Waals surface area contributed by atoms with Crippen LogP contribution < -0.4 is 10.1 Å². The van der Waals surface area contributed by atoms with Crippen LogP contribution in [-0.2, 0) is 4.79 Å².